The molecule has 3 aromatic rings. The van der Waals surface area contributed by atoms with Crippen LogP contribution >= 0.6 is 11.3 Å². The van der Waals surface area contributed by atoms with Gasteiger partial charge in [-0.05, 0) is 48.4 Å². The first-order chi connectivity index (χ1) is 13.2. The molecule has 6 heteroatoms. The van der Waals surface area contributed by atoms with Gasteiger partial charge in [0.2, 0.25) is 0 Å². The highest BCUT2D eigenvalue weighted by molar-refractivity contribution is 7.20. The molecular formula is C21H21N3O2S. The number of carbonyl (C=O) groups excluding carboxylic acids is 2. The Hall–Kier alpha value is -2.73. The summed E-state index contributed by atoms with van der Waals surface area (Å²) in [5.41, 5.74) is 0.633. The summed E-state index contributed by atoms with van der Waals surface area (Å²) in [6.07, 6.45) is 5.08. The molecule has 0 spiro atoms. The van der Waals surface area contributed by atoms with Gasteiger partial charge in [-0.2, -0.15) is 0 Å². The van der Waals surface area contributed by atoms with Crippen molar-refractivity contribution in [3.8, 4) is 0 Å². The minimum Gasteiger partial charge on any atom is -0.351 e. The summed E-state index contributed by atoms with van der Waals surface area (Å²) in [4.78, 5) is 31.5. The maximum atomic E-state index is 12.5. The summed E-state index contributed by atoms with van der Waals surface area (Å²) >= 11 is 1.52. The molecule has 1 N–H and O–H groups in total. The number of aromatic nitrogens is 1. The van der Waals surface area contributed by atoms with Crippen molar-refractivity contribution in [3.05, 3.63) is 65.3 Å². The summed E-state index contributed by atoms with van der Waals surface area (Å²) in [5.74, 6) is 0.433. The number of piperidine rings is 1. The van der Waals surface area contributed by atoms with Gasteiger partial charge in [0.05, 0.1) is 10.4 Å². The molecule has 5 nitrogen and oxygen atoms in total. The zero-order valence-electron chi connectivity index (χ0n) is 14.9. The van der Waals surface area contributed by atoms with Crippen LogP contribution in [0.3, 0.4) is 0 Å². The quantitative estimate of drug-likeness (QED) is 0.754. The second-order valence-electron chi connectivity index (χ2n) is 6.84. The number of amides is 2. The van der Waals surface area contributed by atoms with Gasteiger partial charge in [0.15, 0.2) is 0 Å². The molecule has 0 unspecified atom stereocenters. The first kappa shape index (κ1) is 17.7. The molecular weight excluding hydrogens is 358 g/mol. The van der Waals surface area contributed by atoms with Crippen molar-refractivity contribution in [2.45, 2.75) is 12.8 Å². The molecule has 138 valence electrons. The molecule has 1 aliphatic heterocycles. The van der Waals surface area contributed by atoms with E-state index in [0.29, 0.717) is 18.0 Å². The van der Waals surface area contributed by atoms with E-state index in [1.54, 1.807) is 24.5 Å². The average molecular weight is 379 g/mol. The Kier molecular flexibility index (Phi) is 5.16. The molecule has 0 atom stereocenters. The van der Waals surface area contributed by atoms with Gasteiger partial charge in [-0.3, -0.25) is 14.6 Å². The number of pyridine rings is 1. The Morgan fingerprint density at radius 3 is 2.70 bits per heavy atom. The van der Waals surface area contributed by atoms with Gasteiger partial charge in [0, 0.05) is 36.7 Å². The summed E-state index contributed by atoms with van der Waals surface area (Å²) in [7, 11) is 0. The lowest BCUT2D eigenvalue weighted by Crippen LogP contribution is -2.41. The predicted octanol–water partition coefficient (Wildman–Crippen LogP) is 3.58. The monoisotopic (exact) mass is 379 g/mol. The number of carbonyl (C=O) groups is 2. The molecule has 0 aliphatic carbocycles. The van der Waals surface area contributed by atoms with Crippen LogP contribution in [-0.4, -0.2) is 41.3 Å². The van der Waals surface area contributed by atoms with Crippen molar-refractivity contribution >= 4 is 33.2 Å². The summed E-state index contributed by atoms with van der Waals surface area (Å²) in [6.45, 7) is 2.09. The molecule has 1 aliphatic rings. The van der Waals surface area contributed by atoms with Crippen molar-refractivity contribution in [1.82, 2.24) is 15.2 Å². The Balaban J connectivity index is 1.28. The Morgan fingerprint density at radius 1 is 1.15 bits per heavy atom. The SMILES string of the molecule is O=C(NCC1CCN(C(=O)c2cccnc2)CC1)c1cc2ccccc2s1. The number of rotatable bonds is 4. The van der Waals surface area contributed by atoms with Crippen molar-refractivity contribution in [3.63, 3.8) is 0 Å². The van der Waals surface area contributed by atoms with Gasteiger partial charge >= 0.3 is 0 Å². The van der Waals surface area contributed by atoms with Crippen LogP contribution in [-0.2, 0) is 0 Å². The van der Waals surface area contributed by atoms with Crippen LogP contribution in [0, 0.1) is 5.92 Å². The van der Waals surface area contributed by atoms with Gasteiger partial charge < -0.3 is 10.2 Å². The van der Waals surface area contributed by atoms with Crippen LogP contribution in [0.2, 0.25) is 0 Å². The lowest BCUT2D eigenvalue weighted by molar-refractivity contribution is 0.0684. The number of thiophene rings is 1. The maximum absolute atomic E-state index is 12.5. The zero-order valence-corrected chi connectivity index (χ0v) is 15.7. The van der Waals surface area contributed by atoms with Crippen LogP contribution in [0.1, 0.15) is 32.9 Å². The smallest absolute Gasteiger partial charge is 0.261 e. The molecule has 0 bridgehead atoms. The summed E-state index contributed by atoms with van der Waals surface area (Å²) in [5, 5.41) is 4.17. The van der Waals surface area contributed by atoms with Crippen LogP contribution in [0.4, 0.5) is 0 Å². The van der Waals surface area contributed by atoms with E-state index >= 15 is 0 Å². The maximum Gasteiger partial charge on any atom is 0.261 e. The molecule has 1 aromatic carbocycles. The number of fused-ring (bicyclic) bond motifs is 1. The van der Waals surface area contributed by atoms with Crippen LogP contribution < -0.4 is 5.32 Å². The fraction of sp³-hybridized carbons (Fsp3) is 0.286. The van der Waals surface area contributed by atoms with Crippen LogP contribution in [0.25, 0.3) is 10.1 Å². The highest BCUT2D eigenvalue weighted by Crippen LogP contribution is 2.25. The molecule has 2 amide bonds. The van der Waals surface area contributed by atoms with E-state index < -0.39 is 0 Å². The van der Waals surface area contributed by atoms with Gasteiger partial charge in [0.1, 0.15) is 0 Å². The first-order valence-corrected chi connectivity index (χ1v) is 9.98. The van der Waals surface area contributed by atoms with E-state index in [2.05, 4.69) is 10.3 Å². The van der Waals surface area contributed by atoms with Gasteiger partial charge in [-0.15, -0.1) is 11.3 Å². The van der Waals surface area contributed by atoms with Gasteiger partial charge in [-0.1, -0.05) is 18.2 Å². The average Bonchev–Trinajstić information content (AvgIpc) is 3.17. The van der Waals surface area contributed by atoms with Crippen molar-refractivity contribution in [2.75, 3.05) is 19.6 Å². The molecule has 4 rings (SSSR count). The number of likely N-dealkylation sites (tertiary alicyclic amines) is 1. The molecule has 27 heavy (non-hydrogen) atoms. The van der Waals surface area contributed by atoms with Crippen molar-refractivity contribution in [2.24, 2.45) is 5.92 Å². The van der Waals surface area contributed by atoms with E-state index in [9.17, 15) is 9.59 Å². The second-order valence-corrected chi connectivity index (χ2v) is 7.92. The van der Waals surface area contributed by atoms with Crippen molar-refractivity contribution < 1.29 is 9.59 Å². The predicted molar refractivity (Wildman–Crippen MR) is 107 cm³/mol. The van der Waals surface area contributed by atoms with Crippen LogP contribution in [0.15, 0.2) is 54.9 Å². The number of nitrogens with zero attached hydrogens (tertiary/aromatic N) is 2. The first-order valence-electron chi connectivity index (χ1n) is 9.17. The Labute approximate surface area is 162 Å². The standard InChI is InChI=1S/C21H21N3O2S/c25-20(19-12-16-4-1-2-6-18(16)27-19)23-13-15-7-10-24(11-8-15)21(26)17-5-3-9-22-14-17/h1-6,9,12,14-15H,7-8,10-11,13H2,(H,23,25). The molecule has 2 aromatic heterocycles. The Morgan fingerprint density at radius 2 is 1.96 bits per heavy atom. The van der Waals surface area contributed by atoms with Gasteiger partial charge in [0.25, 0.3) is 11.8 Å². The fourth-order valence-corrected chi connectivity index (χ4v) is 4.41. The number of hydrogen-bond donors (Lipinski definition) is 1. The molecule has 1 saturated heterocycles. The molecule has 0 saturated carbocycles. The Bertz CT molecular complexity index is 913. The highest BCUT2D eigenvalue weighted by Gasteiger charge is 2.24. The summed E-state index contributed by atoms with van der Waals surface area (Å²) in [6, 6.07) is 13.6. The zero-order chi connectivity index (χ0) is 18.6. The highest BCUT2D eigenvalue weighted by atomic mass is 32.1. The largest absolute Gasteiger partial charge is 0.351 e. The normalized spacial score (nSPS) is 15.0. The number of benzene rings is 1. The lowest BCUT2D eigenvalue weighted by Gasteiger charge is -2.32. The van der Waals surface area contributed by atoms with E-state index in [1.165, 1.54) is 11.3 Å². The topological polar surface area (TPSA) is 62.3 Å². The minimum absolute atomic E-state index is 0.00920. The van der Waals surface area contributed by atoms with Gasteiger partial charge in [-0.25, -0.2) is 0 Å². The van der Waals surface area contributed by atoms with E-state index in [4.69, 9.17) is 0 Å². The fourth-order valence-electron chi connectivity index (χ4n) is 3.43. The van der Waals surface area contributed by atoms with E-state index in [-0.39, 0.29) is 11.8 Å². The van der Waals surface area contributed by atoms with Crippen LogP contribution in [0.5, 0.6) is 0 Å². The lowest BCUT2D eigenvalue weighted by atomic mass is 9.96. The minimum atomic E-state index is -0.00920. The van der Waals surface area contributed by atoms with E-state index in [0.717, 1.165) is 40.9 Å². The molecule has 1 fully saturated rings. The van der Waals surface area contributed by atoms with E-state index in [1.807, 2.05) is 35.2 Å². The second kappa shape index (κ2) is 7.88. The molecule has 0 radical (unpaired) electrons. The third-order valence-electron chi connectivity index (χ3n) is 5.01. The number of hydrogen-bond acceptors (Lipinski definition) is 4. The third-order valence-corrected chi connectivity index (χ3v) is 6.13. The third kappa shape index (κ3) is 4.01. The summed E-state index contributed by atoms with van der Waals surface area (Å²) < 4.78 is 1.13. The number of nitrogens with one attached hydrogen (secondary N) is 1. The van der Waals surface area contributed by atoms with Crippen molar-refractivity contribution in [1.29, 1.82) is 0 Å². The molecule has 3 heterocycles.